The fourth-order valence-electron chi connectivity index (χ4n) is 4.39. The number of imidazole rings is 1. The fraction of sp³-hybridized carbons (Fsp3) is 0.375. The molecule has 1 saturated carbocycles. The maximum absolute atomic E-state index is 13.1. The lowest BCUT2D eigenvalue weighted by molar-refractivity contribution is -0.140. The number of hydrogen-bond acceptors (Lipinski definition) is 4. The first-order valence-corrected chi connectivity index (χ1v) is 11.1. The third kappa shape index (κ3) is 5.16. The minimum atomic E-state index is -4.50. The van der Waals surface area contributed by atoms with Crippen LogP contribution >= 0.6 is 0 Å². The number of pyridine rings is 1. The monoisotopic (exact) mass is 473 g/mol. The Hall–Kier alpha value is -3.56. The topological polar surface area (TPSA) is 78.7 Å². The highest BCUT2D eigenvalue weighted by molar-refractivity contribution is 5.95. The number of nitrogens with zero attached hydrogens (tertiary/aromatic N) is 3. The quantitative estimate of drug-likeness (QED) is 0.573. The number of halogens is 3. The predicted molar refractivity (Wildman–Crippen MR) is 123 cm³/mol. The predicted octanol–water partition coefficient (Wildman–Crippen LogP) is 4.49. The van der Waals surface area contributed by atoms with Crippen molar-refractivity contribution in [3.05, 3.63) is 59.9 Å². The lowest BCUT2D eigenvalue weighted by Crippen LogP contribution is -2.43. The standard InChI is InChI=1S/C24H26F3N5O2/c1-15(33)28-17-8-6-16(7-9-17)23(34)29-18-10-12-19(13-11-18)31(2)22-5-3-4-21-30-20(14-32(21)22)24(25,26)27/h3-9,14,18-19H,10-13H2,1-2H3,(H,28,33)(H,29,34)/t18-,19+. The molecule has 2 N–H and O–H groups in total. The van der Waals surface area contributed by atoms with E-state index in [9.17, 15) is 22.8 Å². The van der Waals surface area contributed by atoms with Gasteiger partial charge in [-0.3, -0.25) is 14.0 Å². The molecule has 0 unspecified atom stereocenters. The third-order valence-corrected chi connectivity index (χ3v) is 6.17. The highest BCUT2D eigenvalue weighted by atomic mass is 19.4. The Morgan fingerprint density at radius 2 is 1.74 bits per heavy atom. The molecule has 1 aromatic carbocycles. The highest BCUT2D eigenvalue weighted by Gasteiger charge is 2.34. The molecular weight excluding hydrogens is 447 g/mol. The Morgan fingerprint density at radius 3 is 2.35 bits per heavy atom. The van der Waals surface area contributed by atoms with Gasteiger partial charge in [-0.25, -0.2) is 4.98 Å². The number of hydrogen-bond donors (Lipinski definition) is 2. The first-order valence-electron chi connectivity index (χ1n) is 11.1. The number of benzene rings is 1. The number of alkyl halides is 3. The number of aromatic nitrogens is 2. The summed E-state index contributed by atoms with van der Waals surface area (Å²) in [5.74, 6) is 0.297. The highest BCUT2D eigenvalue weighted by Crippen LogP contribution is 2.31. The van der Waals surface area contributed by atoms with Crippen molar-refractivity contribution in [3.63, 3.8) is 0 Å². The Balaban J connectivity index is 1.37. The van der Waals surface area contributed by atoms with E-state index >= 15 is 0 Å². The van der Waals surface area contributed by atoms with Gasteiger partial charge in [-0.15, -0.1) is 0 Å². The van der Waals surface area contributed by atoms with Crippen LogP contribution in [0.25, 0.3) is 5.65 Å². The minimum absolute atomic E-state index is 0.0213. The van der Waals surface area contributed by atoms with Gasteiger partial charge in [-0.2, -0.15) is 13.2 Å². The molecule has 2 amide bonds. The molecule has 2 heterocycles. The van der Waals surface area contributed by atoms with Crippen LogP contribution in [0.5, 0.6) is 0 Å². The van der Waals surface area contributed by atoms with Crippen LogP contribution in [0, 0.1) is 0 Å². The van der Waals surface area contributed by atoms with E-state index in [1.54, 1.807) is 42.5 Å². The van der Waals surface area contributed by atoms with Crippen molar-refractivity contribution >= 4 is 29.0 Å². The molecule has 0 radical (unpaired) electrons. The molecule has 2 aromatic heterocycles. The second kappa shape index (κ2) is 9.36. The Morgan fingerprint density at radius 1 is 1.06 bits per heavy atom. The molecule has 4 rings (SSSR count). The Labute approximate surface area is 195 Å². The van der Waals surface area contributed by atoms with Gasteiger partial charge < -0.3 is 15.5 Å². The number of carbonyl (C=O) groups is 2. The van der Waals surface area contributed by atoms with E-state index in [-0.39, 0.29) is 29.5 Å². The van der Waals surface area contributed by atoms with E-state index in [0.29, 0.717) is 17.1 Å². The SMILES string of the molecule is CC(=O)Nc1ccc(C(=O)N[C@H]2CC[C@@H](N(C)c3cccc4nc(C(F)(F)F)cn34)CC2)cc1. The zero-order chi connectivity index (χ0) is 24.5. The lowest BCUT2D eigenvalue weighted by atomic mass is 9.90. The van der Waals surface area contributed by atoms with Crippen molar-refractivity contribution < 1.29 is 22.8 Å². The van der Waals surface area contributed by atoms with Crippen LogP contribution < -0.4 is 15.5 Å². The Bertz CT molecular complexity index is 1180. The van der Waals surface area contributed by atoms with Crippen molar-refractivity contribution in [3.8, 4) is 0 Å². The second-order valence-corrected chi connectivity index (χ2v) is 8.58. The van der Waals surface area contributed by atoms with Crippen molar-refractivity contribution in [2.24, 2.45) is 0 Å². The molecule has 10 heteroatoms. The van der Waals surface area contributed by atoms with Gasteiger partial charge in [0.15, 0.2) is 5.69 Å². The van der Waals surface area contributed by atoms with Gasteiger partial charge in [0, 0.05) is 43.5 Å². The van der Waals surface area contributed by atoms with E-state index in [0.717, 1.165) is 31.9 Å². The molecule has 0 atom stereocenters. The summed E-state index contributed by atoms with van der Waals surface area (Å²) in [6.45, 7) is 1.42. The maximum Gasteiger partial charge on any atom is 0.434 e. The van der Waals surface area contributed by atoms with Gasteiger partial charge in [0.05, 0.1) is 0 Å². The number of nitrogens with one attached hydrogen (secondary N) is 2. The summed E-state index contributed by atoms with van der Waals surface area (Å²) in [4.78, 5) is 29.4. The van der Waals surface area contributed by atoms with Gasteiger partial charge >= 0.3 is 6.18 Å². The van der Waals surface area contributed by atoms with Crippen LogP contribution in [0.1, 0.15) is 48.7 Å². The summed E-state index contributed by atoms with van der Waals surface area (Å²) in [7, 11) is 1.88. The van der Waals surface area contributed by atoms with Gasteiger partial charge in [0.2, 0.25) is 5.91 Å². The largest absolute Gasteiger partial charge is 0.434 e. The Kier molecular flexibility index (Phi) is 6.49. The van der Waals surface area contributed by atoms with E-state index in [2.05, 4.69) is 15.6 Å². The summed E-state index contributed by atoms with van der Waals surface area (Å²) in [5, 5.41) is 5.72. The van der Waals surface area contributed by atoms with Crippen molar-refractivity contribution in [2.75, 3.05) is 17.3 Å². The maximum atomic E-state index is 13.1. The molecule has 1 aliphatic carbocycles. The summed E-state index contributed by atoms with van der Waals surface area (Å²) in [6, 6.07) is 11.9. The van der Waals surface area contributed by atoms with E-state index < -0.39 is 11.9 Å². The first-order chi connectivity index (χ1) is 16.1. The molecule has 3 aromatic rings. The summed E-state index contributed by atoms with van der Waals surface area (Å²) in [6.07, 6.45) is -0.357. The molecule has 180 valence electrons. The number of anilines is 2. The minimum Gasteiger partial charge on any atom is -0.358 e. The average Bonchev–Trinajstić information content (AvgIpc) is 3.24. The van der Waals surface area contributed by atoms with E-state index in [1.165, 1.54) is 11.3 Å². The van der Waals surface area contributed by atoms with E-state index in [1.807, 2.05) is 11.9 Å². The van der Waals surface area contributed by atoms with Crippen LogP contribution in [0.4, 0.5) is 24.7 Å². The number of amides is 2. The smallest absolute Gasteiger partial charge is 0.358 e. The molecule has 0 spiro atoms. The van der Waals surface area contributed by atoms with Crippen molar-refractivity contribution in [2.45, 2.75) is 50.9 Å². The van der Waals surface area contributed by atoms with Crippen LogP contribution in [0.2, 0.25) is 0 Å². The third-order valence-electron chi connectivity index (χ3n) is 6.17. The van der Waals surface area contributed by atoms with Crippen LogP contribution in [0.15, 0.2) is 48.7 Å². The molecule has 7 nitrogen and oxygen atoms in total. The molecule has 0 saturated heterocycles. The molecule has 0 aliphatic heterocycles. The number of fused-ring (bicyclic) bond motifs is 1. The molecule has 1 aliphatic rings. The van der Waals surface area contributed by atoms with E-state index in [4.69, 9.17) is 0 Å². The van der Waals surface area contributed by atoms with Gasteiger partial charge in [0.25, 0.3) is 5.91 Å². The molecule has 1 fully saturated rings. The van der Waals surface area contributed by atoms with Crippen LogP contribution in [0.3, 0.4) is 0 Å². The van der Waals surface area contributed by atoms with Gasteiger partial charge in [0.1, 0.15) is 11.5 Å². The summed E-state index contributed by atoms with van der Waals surface area (Å²) < 4.78 is 40.8. The molecule has 34 heavy (non-hydrogen) atoms. The van der Waals surface area contributed by atoms with Crippen molar-refractivity contribution in [1.29, 1.82) is 0 Å². The first kappa shape index (κ1) is 23.6. The second-order valence-electron chi connectivity index (χ2n) is 8.58. The molecular formula is C24H26F3N5O2. The van der Waals surface area contributed by atoms with Gasteiger partial charge in [-0.05, 0) is 62.1 Å². The van der Waals surface area contributed by atoms with Crippen molar-refractivity contribution in [1.82, 2.24) is 14.7 Å². The fourth-order valence-corrected chi connectivity index (χ4v) is 4.39. The van der Waals surface area contributed by atoms with Crippen LogP contribution in [-0.2, 0) is 11.0 Å². The van der Waals surface area contributed by atoms with Gasteiger partial charge in [-0.1, -0.05) is 6.07 Å². The lowest BCUT2D eigenvalue weighted by Gasteiger charge is -2.36. The summed E-state index contributed by atoms with van der Waals surface area (Å²) in [5.41, 5.74) is 0.482. The molecule has 0 bridgehead atoms. The zero-order valence-corrected chi connectivity index (χ0v) is 18.9. The normalized spacial score (nSPS) is 18.5. The number of rotatable bonds is 5. The summed E-state index contributed by atoms with van der Waals surface area (Å²) >= 11 is 0. The number of carbonyl (C=O) groups excluding carboxylic acids is 2. The zero-order valence-electron chi connectivity index (χ0n) is 18.9. The average molecular weight is 473 g/mol. The van der Waals surface area contributed by atoms with Crippen LogP contribution in [-0.4, -0.2) is 40.3 Å².